The summed E-state index contributed by atoms with van der Waals surface area (Å²) in [7, 11) is 0. The van der Waals surface area contributed by atoms with Crippen molar-refractivity contribution in [3.05, 3.63) is 0 Å². The van der Waals surface area contributed by atoms with Gasteiger partial charge >= 0.3 is 98.8 Å². The third-order valence-electron chi connectivity index (χ3n) is 0.500. The Morgan fingerprint density at radius 2 is 0.400 bits per heavy atom. The predicted molar refractivity (Wildman–Crippen MR) is 30.0 cm³/mol. The average Bonchev–Trinajstić information content (AvgIpc) is 2.18. The van der Waals surface area contributed by atoms with E-state index in [9.17, 15) is 0 Å². The monoisotopic (exact) mass is 570 g/mol. The summed E-state index contributed by atoms with van der Waals surface area (Å²) in [5, 5.41) is 53.6. The molecule has 0 aliphatic carbocycles. The summed E-state index contributed by atoms with van der Waals surface area (Å²) in [6.45, 7) is 0. The molecule has 0 spiro atoms. The summed E-state index contributed by atoms with van der Waals surface area (Å²) >= 11 is 0. The molecule has 20 heavy (non-hydrogen) atoms. The normalized spacial score (nSPS) is 6.60. The van der Waals surface area contributed by atoms with Gasteiger partial charge in [0.15, 0.2) is 0 Å². The zero-order valence-corrected chi connectivity index (χ0v) is 13.5. The third kappa shape index (κ3) is 36.1. The molecule has 0 atom stereocenters. The number of carbonyl (C=O) groups excluding carboxylic acids is 6. The Hall–Kier alpha value is -0.0112. The second-order valence-electron chi connectivity index (χ2n) is 1.72. The van der Waals surface area contributed by atoms with E-state index >= 15 is 0 Å². The van der Waals surface area contributed by atoms with E-state index in [-0.39, 0.29) is 98.8 Å². The van der Waals surface area contributed by atoms with E-state index < -0.39 is 35.8 Å². The first-order chi connectivity index (χ1) is 7.93. The van der Waals surface area contributed by atoms with Crippen molar-refractivity contribution in [2.24, 2.45) is 0 Å². The maximum absolute atomic E-state index is 8.93. The Morgan fingerprint density at radius 3 is 0.400 bits per heavy atom. The van der Waals surface area contributed by atoms with Gasteiger partial charge in [0.2, 0.25) is 0 Å². The second kappa shape index (κ2) is 19.0. The molecule has 0 saturated carbocycles. The quantitative estimate of drug-likeness (QED) is 0.248. The van der Waals surface area contributed by atoms with Gasteiger partial charge in [0.1, 0.15) is 0 Å². The van der Waals surface area contributed by atoms with E-state index in [1.165, 1.54) is 0 Å². The van der Waals surface area contributed by atoms with Gasteiger partial charge in [-0.3, -0.25) is 0 Å². The fourth-order valence-corrected chi connectivity index (χ4v) is 0. The van der Waals surface area contributed by atoms with Gasteiger partial charge < -0.3 is 59.4 Å². The van der Waals surface area contributed by atoms with Gasteiger partial charge in [0, 0.05) is 0 Å². The molecule has 0 amide bonds. The van der Waals surface area contributed by atoms with E-state index in [1.54, 1.807) is 0 Å². The average molecular weight is 568 g/mol. The van der Waals surface area contributed by atoms with Crippen LogP contribution < -0.4 is 30.6 Å². The van der Waals surface area contributed by atoms with Crippen molar-refractivity contribution in [2.45, 2.75) is 0 Å². The molecule has 0 saturated heterocycles. The van der Waals surface area contributed by atoms with Crippen LogP contribution in [0, 0.1) is 98.8 Å². The van der Waals surface area contributed by atoms with Crippen molar-refractivity contribution in [3.63, 3.8) is 0 Å². The smallest absolute Gasteiger partial charge is 0.543 e. The molecule has 0 radical (unpaired) electrons. The van der Waals surface area contributed by atoms with Crippen molar-refractivity contribution in [2.75, 3.05) is 0 Å². The maximum atomic E-state index is 8.93. The van der Waals surface area contributed by atoms with E-state index in [0.29, 0.717) is 0 Å². The molecule has 12 nitrogen and oxygen atoms in total. The largest absolute Gasteiger partial charge is 3.00 e. The van der Waals surface area contributed by atoms with Crippen molar-refractivity contribution >= 4 is 35.8 Å². The minimum Gasteiger partial charge on any atom is -0.543 e. The first kappa shape index (κ1) is 32.1. The summed E-state index contributed by atoms with van der Waals surface area (Å²) in [6.07, 6.45) is 0. The topological polar surface area (TPSA) is 241 Å². The molecule has 14 heteroatoms. The van der Waals surface area contributed by atoms with E-state index in [0.717, 1.165) is 0 Å². The molecule has 0 rings (SSSR count). The van der Waals surface area contributed by atoms with Crippen LogP contribution in [0.2, 0.25) is 0 Å². The van der Waals surface area contributed by atoms with Gasteiger partial charge in [-0.05, 0) is 0 Å². The van der Waals surface area contributed by atoms with Gasteiger partial charge in [-0.2, -0.15) is 0 Å². The van der Waals surface area contributed by atoms with Gasteiger partial charge in [-0.15, -0.1) is 0 Å². The van der Waals surface area contributed by atoms with Crippen LogP contribution in [0.1, 0.15) is 0 Å². The number of carboxylic acids is 6. The molecule has 0 heterocycles. The Labute approximate surface area is 190 Å². The molecule has 0 unspecified atom stereocenters. The van der Waals surface area contributed by atoms with Gasteiger partial charge in [-0.25, -0.2) is 0 Å². The zero-order chi connectivity index (χ0) is 15.5. The minimum absolute atomic E-state index is 0. The number of carbonyl (C=O) groups is 6. The van der Waals surface area contributed by atoms with Crippen molar-refractivity contribution < 1.29 is 158 Å². The molecule has 0 aliphatic rings. The van der Waals surface area contributed by atoms with Crippen molar-refractivity contribution in [1.29, 1.82) is 0 Å². The van der Waals surface area contributed by atoms with Crippen LogP contribution in [0.4, 0.5) is 0 Å². The van der Waals surface area contributed by atoms with Crippen molar-refractivity contribution in [3.8, 4) is 0 Å². The SMILES string of the molecule is O=C([O-])C(=O)[O-].O=C([O-])C(=O)[O-].O=C([O-])C(=O)[O-].[Eu+3].[Eu+3]. The first-order valence-corrected chi connectivity index (χ1v) is 3.20. The van der Waals surface area contributed by atoms with Crippen LogP contribution in [0.25, 0.3) is 0 Å². The van der Waals surface area contributed by atoms with E-state index in [1.807, 2.05) is 0 Å². The molecule has 0 aromatic heterocycles. The summed E-state index contributed by atoms with van der Waals surface area (Å²) < 4.78 is 0. The van der Waals surface area contributed by atoms with E-state index in [4.69, 9.17) is 59.4 Å². The standard InChI is InChI=1S/3C2H2O4.2Eu/c3*3-1(4)2(5)6;;/h3*(H,3,4)(H,5,6);;/q;;;2*+3/p-6. The fraction of sp³-hybridized carbons (Fsp3) is 0. The predicted octanol–water partition coefficient (Wildman–Crippen LogP) is -10.5. The molecule has 0 aromatic rings. The van der Waals surface area contributed by atoms with Crippen LogP contribution in [0.15, 0.2) is 0 Å². The van der Waals surface area contributed by atoms with Gasteiger partial charge in [0.05, 0.1) is 35.8 Å². The molecular formula is C6Eu2O12. The molecule has 0 aliphatic heterocycles. The number of rotatable bonds is 0. The molecule has 0 N–H and O–H groups in total. The second-order valence-corrected chi connectivity index (χ2v) is 1.72. The Bertz CT molecular complexity index is 281. The van der Waals surface area contributed by atoms with Gasteiger partial charge in [-0.1, -0.05) is 0 Å². The summed E-state index contributed by atoms with van der Waals surface area (Å²) in [5.74, 6) is -13.1. The van der Waals surface area contributed by atoms with Crippen LogP contribution in [-0.4, -0.2) is 35.8 Å². The number of hydrogen-bond donors (Lipinski definition) is 0. The van der Waals surface area contributed by atoms with Crippen LogP contribution in [0.3, 0.4) is 0 Å². The van der Waals surface area contributed by atoms with Crippen LogP contribution in [0.5, 0.6) is 0 Å². The number of aliphatic carboxylic acids is 6. The molecule has 0 bridgehead atoms. The molecule has 0 aromatic carbocycles. The Morgan fingerprint density at radius 1 is 0.350 bits per heavy atom. The number of hydrogen-bond acceptors (Lipinski definition) is 12. The third-order valence-corrected chi connectivity index (χ3v) is 0.500. The zero-order valence-electron chi connectivity index (χ0n) is 8.65. The van der Waals surface area contributed by atoms with E-state index in [2.05, 4.69) is 0 Å². The fourth-order valence-electron chi connectivity index (χ4n) is 0. The Kier molecular flexibility index (Phi) is 30.5. The van der Waals surface area contributed by atoms with Crippen molar-refractivity contribution in [1.82, 2.24) is 0 Å². The maximum Gasteiger partial charge on any atom is 3.00 e. The van der Waals surface area contributed by atoms with Crippen LogP contribution in [-0.2, 0) is 28.8 Å². The molecule has 110 valence electrons. The Balaban J connectivity index is -0.0000000536. The van der Waals surface area contributed by atoms with Crippen LogP contribution >= 0.6 is 0 Å². The molecular weight excluding hydrogens is 568 g/mol. The number of carboxylic acid groups (broad SMARTS) is 6. The summed E-state index contributed by atoms with van der Waals surface area (Å²) in [6, 6.07) is 0. The first-order valence-electron chi connectivity index (χ1n) is 3.20. The summed E-state index contributed by atoms with van der Waals surface area (Å²) in [4.78, 5) is 53.6. The van der Waals surface area contributed by atoms with Gasteiger partial charge in [0.25, 0.3) is 0 Å². The molecule has 0 fully saturated rings. The minimum atomic E-state index is -2.19. The summed E-state index contributed by atoms with van der Waals surface area (Å²) in [5.41, 5.74) is 0.